The van der Waals surface area contributed by atoms with Crippen molar-refractivity contribution in [1.82, 2.24) is 4.90 Å². The van der Waals surface area contributed by atoms with Crippen molar-refractivity contribution in [2.75, 3.05) is 30.2 Å². The largest absolute Gasteiger partial charge is 0.338 e. The van der Waals surface area contributed by atoms with Crippen molar-refractivity contribution >= 4 is 21.6 Å². The highest BCUT2D eigenvalue weighted by Gasteiger charge is 2.26. The number of sulfonamides is 1. The minimum absolute atomic E-state index is 0.0293. The maximum Gasteiger partial charge on any atom is 0.253 e. The van der Waals surface area contributed by atoms with E-state index in [-0.39, 0.29) is 5.91 Å². The number of rotatable bonds is 6. The maximum atomic E-state index is 13.0. The Kier molecular flexibility index (Phi) is 6.14. The first-order chi connectivity index (χ1) is 11.6. The molecule has 0 bridgehead atoms. The number of carbonyl (C=O) groups is 1. The summed E-state index contributed by atoms with van der Waals surface area (Å²) in [4.78, 5) is 14.9. The third-order valence-corrected chi connectivity index (χ3v) is 5.44. The molecule has 1 heterocycles. The molecule has 0 aromatic heterocycles. The van der Waals surface area contributed by atoms with Gasteiger partial charge in [0.1, 0.15) is 0 Å². The van der Waals surface area contributed by atoms with Gasteiger partial charge in [-0.3, -0.25) is 9.10 Å². The molecule has 6 heteroatoms. The van der Waals surface area contributed by atoms with E-state index in [1.54, 1.807) is 12.1 Å². The summed E-state index contributed by atoms with van der Waals surface area (Å²) in [5, 5.41) is 0. The van der Waals surface area contributed by atoms with E-state index in [9.17, 15) is 13.2 Å². The maximum absolute atomic E-state index is 13.0. The summed E-state index contributed by atoms with van der Waals surface area (Å²) in [5.74, 6) is 0.837. The highest BCUT2D eigenvalue weighted by atomic mass is 32.2. The molecule has 0 aliphatic carbocycles. The minimum Gasteiger partial charge on any atom is -0.338 e. The average molecular weight is 367 g/mol. The Morgan fingerprint density at radius 2 is 1.76 bits per heavy atom. The fraction of sp³-hybridized carbons (Fsp3) is 0.632. The summed E-state index contributed by atoms with van der Waals surface area (Å²) in [5.41, 5.74) is 2.30. The molecule has 1 aromatic rings. The van der Waals surface area contributed by atoms with Crippen LogP contribution in [-0.2, 0) is 16.4 Å². The van der Waals surface area contributed by atoms with Gasteiger partial charge in [0.25, 0.3) is 5.91 Å². The zero-order chi connectivity index (χ0) is 18.8. The third kappa shape index (κ3) is 4.97. The van der Waals surface area contributed by atoms with E-state index in [0.717, 1.165) is 31.5 Å². The second-order valence-corrected chi connectivity index (χ2v) is 9.69. The molecule has 0 unspecified atom stereocenters. The predicted octanol–water partition coefficient (Wildman–Crippen LogP) is 3.15. The molecule has 140 valence electrons. The van der Waals surface area contributed by atoms with Gasteiger partial charge in [0.05, 0.1) is 11.9 Å². The van der Waals surface area contributed by atoms with Crippen LogP contribution in [0.15, 0.2) is 18.2 Å². The summed E-state index contributed by atoms with van der Waals surface area (Å²) in [6.07, 6.45) is 2.81. The summed E-state index contributed by atoms with van der Waals surface area (Å²) < 4.78 is 25.4. The monoisotopic (exact) mass is 366 g/mol. The first-order valence-electron chi connectivity index (χ1n) is 8.99. The van der Waals surface area contributed by atoms with Gasteiger partial charge >= 0.3 is 0 Å². The highest BCUT2D eigenvalue weighted by Crippen LogP contribution is 2.30. The molecule has 0 spiro atoms. The number of nitrogens with zero attached hydrogens (tertiary/aromatic N) is 2. The van der Waals surface area contributed by atoms with Gasteiger partial charge in [0, 0.05) is 25.2 Å². The van der Waals surface area contributed by atoms with E-state index in [2.05, 4.69) is 27.7 Å². The lowest BCUT2D eigenvalue weighted by molar-refractivity contribution is 0.0715. The molecule has 0 fully saturated rings. The fourth-order valence-electron chi connectivity index (χ4n) is 3.34. The van der Waals surface area contributed by atoms with Crippen LogP contribution in [0.5, 0.6) is 0 Å². The van der Waals surface area contributed by atoms with Crippen LogP contribution in [-0.4, -0.2) is 45.1 Å². The zero-order valence-electron chi connectivity index (χ0n) is 15.9. The van der Waals surface area contributed by atoms with Crippen molar-refractivity contribution < 1.29 is 13.2 Å². The number of fused-ring (bicyclic) bond motifs is 1. The van der Waals surface area contributed by atoms with Crippen LogP contribution < -0.4 is 4.31 Å². The van der Waals surface area contributed by atoms with Gasteiger partial charge in [-0.05, 0) is 48.4 Å². The molecule has 0 saturated heterocycles. The molecule has 1 aromatic carbocycles. The topological polar surface area (TPSA) is 57.7 Å². The number of hydrogen-bond donors (Lipinski definition) is 0. The molecular weight excluding hydrogens is 336 g/mol. The Morgan fingerprint density at radius 1 is 1.16 bits per heavy atom. The van der Waals surface area contributed by atoms with Gasteiger partial charge in [0.15, 0.2) is 0 Å². The van der Waals surface area contributed by atoms with Crippen molar-refractivity contribution in [3.05, 3.63) is 29.3 Å². The second kappa shape index (κ2) is 7.77. The molecular formula is C19H30N2O3S. The molecule has 1 aliphatic rings. The van der Waals surface area contributed by atoms with E-state index >= 15 is 0 Å². The Labute approximate surface area is 152 Å². The Morgan fingerprint density at radius 3 is 2.28 bits per heavy atom. The standard InChI is InChI=1S/C19H30N2O3S/c1-14(2)12-20(13-15(3)4)19(22)17-8-9-18-16(11-17)7-6-10-21(18)25(5,23)24/h8-9,11,14-15H,6-7,10,12-13H2,1-5H3. The highest BCUT2D eigenvalue weighted by molar-refractivity contribution is 7.92. The lowest BCUT2D eigenvalue weighted by atomic mass is 10.00. The van der Waals surface area contributed by atoms with E-state index < -0.39 is 10.0 Å². The van der Waals surface area contributed by atoms with Crippen LogP contribution >= 0.6 is 0 Å². The van der Waals surface area contributed by atoms with Gasteiger partial charge in [-0.2, -0.15) is 0 Å². The van der Waals surface area contributed by atoms with Crippen molar-refractivity contribution in [2.45, 2.75) is 40.5 Å². The molecule has 0 saturated carbocycles. The smallest absolute Gasteiger partial charge is 0.253 e. The minimum atomic E-state index is -3.28. The van der Waals surface area contributed by atoms with Crippen LogP contribution in [0.2, 0.25) is 0 Å². The van der Waals surface area contributed by atoms with Crippen LogP contribution in [0.4, 0.5) is 5.69 Å². The molecule has 0 N–H and O–H groups in total. The van der Waals surface area contributed by atoms with Crippen molar-refractivity contribution in [2.24, 2.45) is 11.8 Å². The Bertz CT molecular complexity index is 716. The molecule has 0 atom stereocenters. The average Bonchev–Trinajstić information content (AvgIpc) is 2.50. The Hall–Kier alpha value is -1.56. The number of anilines is 1. The van der Waals surface area contributed by atoms with Crippen molar-refractivity contribution in [1.29, 1.82) is 0 Å². The number of carbonyl (C=O) groups excluding carboxylic acids is 1. The van der Waals surface area contributed by atoms with E-state index in [1.165, 1.54) is 10.6 Å². The van der Waals surface area contributed by atoms with E-state index in [0.29, 0.717) is 29.6 Å². The van der Waals surface area contributed by atoms with Crippen LogP contribution in [0.3, 0.4) is 0 Å². The summed E-state index contributed by atoms with van der Waals surface area (Å²) in [6.45, 7) is 10.4. The molecule has 2 rings (SSSR count). The van der Waals surface area contributed by atoms with Gasteiger partial charge < -0.3 is 4.90 Å². The second-order valence-electron chi connectivity index (χ2n) is 7.78. The summed E-state index contributed by atoms with van der Waals surface area (Å²) in [6, 6.07) is 5.42. The number of hydrogen-bond acceptors (Lipinski definition) is 3. The van der Waals surface area contributed by atoms with Gasteiger partial charge in [0.2, 0.25) is 10.0 Å². The van der Waals surface area contributed by atoms with Crippen LogP contribution in [0, 0.1) is 11.8 Å². The van der Waals surface area contributed by atoms with Crippen LogP contribution in [0.25, 0.3) is 0 Å². The van der Waals surface area contributed by atoms with Gasteiger partial charge in [-0.15, -0.1) is 0 Å². The number of amides is 1. The lowest BCUT2D eigenvalue weighted by Crippen LogP contribution is -2.37. The fourth-order valence-corrected chi connectivity index (χ4v) is 4.34. The lowest BCUT2D eigenvalue weighted by Gasteiger charge is -2.30. The normalized spacial score (nSPS) is 14.8. The zero-order valence-corrected chi connectivity index (χ0v) is 16.8. The first kappa shape index (κ1) is 19.8. The van der Waals surface area contributed by atoms with E-state index in [1.807, 2.05) is 11.0 Å². The Balaban J connectivity index is 2.32. The van der Waals surface area contributed by atoms with Gasteiger partial charge in [-0.1, -0.05) is 27.7 Å². The molecule has 5 nitrogen and oxygen atoms in total. The van der Waals surface area contributed by atoms with Gasteiger partial charge in [-0.25, -0.2) is 8.42 Å². The SMILES string of the molecule is CC(C)CN(CC(C)C)C(=O)c1ccc2c(c1)CCCN2S(C)(=O)=O. The van der Waals surface area contributed by atoms with Crippen molar-refractivity contribution in [3.63, 3.8) is 0 Å². The van der Waals surface area contributed by atoms with Crippen LogP contribution in [0.1, 0.15) is 50.0 Å². The third-order valence-electron chi connectivity index (χ3n) is 4.26. The number of benzene rings is 1. The number of aryl methyl sites for hydroxylation is 1. The van der Waals surface area contributed by atoms with Crippen molar-refractivity contribution in [3.8, 4) is 0 Å². The molecule has 0 radical (unpaired) electrons. The summed E-state index contributed by atoms with van der Waals surface area (Å²) in [7, 11) is -3.28. The predicted molar refractivity (Wildman–Crippen MR) is 103 cm³/mol. The quantitative estimate of drug-likeness (QED) is 0.777. The molecule has 1 aliphatic heterocycles. The molecule has 1 amide bonds. The molecule has 25 heavy (non-hydrogen) atoms. The summed E-state index contributed by atoms with van der Waals surface area (Å²) >= 11 is 0. The van der Waals surface area contributed by atoms with E-state index in [4.69, 9.17) is 0 Å². The first-order valence-corrected chi connectivity index (χ1v) is 10.8.